The highest BCUT2D eigenvalue weighted by atomic mass is 19.1. The highest BCUT2D eigenvalue weighted by Crippen LogP contribution is 2.17. The number of rotatable bonds is 4. The van der Waals surface area contributed by atoms with Gasteiger partial charge in [0.1, 0.15) is 5.82 Å². The molecule has 1 aromatic carbocycles. The van der Waals surface area contributed by atoms with Gasteiger partial charge in [0, 0.05) is 30.1 Å². The molecule has 0 unspecified atom stereocenters. The maximum Gasteiger partial charge on any atom is 0.159 e. The maximum atomic E-state index is 13.2. The molecular formula is C14H16FN3. The summed E-state index contributed by atoms with van der Waals surface area (Å²) in [6, 6.07) is 4.90. The van der Waals surface area contributed by atoms with Crippen molar-refractivity contribution in [3.8, 4) is 11.4 Å². The van der Waals surface area contributed by atoms with E-state index in [-0.39, 0.29) is 5.82 Å². The molecule has 94 valence electrons. The van der Waals surface area contributed by atoms with E-state index in [9.17, 15) is 4.39 Å². The fourth-order valence-electron chi connectivity index (χ4n) is 1.65. The predicted molar refractivity (Wildman–Crippen MR) is 69.5 cm³/mol. The maximum absolute atomic E-state index is 13.2. The van der Waals surface area contributed by atoms with Gasteiger partial charge in [-0.1, -0.05) is 6.92 Å². The summed E-state index contributed by atoms with van der Waals surface area (Å²) in [6.45, 7) is 5.47. The van der Waals surface area contributed by atoms with Gasteiger partial charge < -0.3 is 5.32 Å². The highest BCUT2D eigenvalue weighted by molar-refractivity contribution is 5.55. The molecule has 3 nitrogen and oxygen atoms in total. The van der Waals surface area contributed by atoms with Crippen LogP contribution in [0.2, 0.25) is 0 Å². The molecule has 0 saturated heterocycles. The third kappa shape index (κ3) is 2.90. The molecule has 1 aromatic heterocycles. The Hall–Kier alpha value is -1.81. The van der Waals surface area contributed by atoms with Crippen molar-refractivity contribution in [2.75, 3.05) is 6.54 Å². The number of nitrogens with zero attached hydrogens (tertiary/aromatic N) is 2. The topological polar surface area (TPSA) is 37.8 Å². The SMILES string of the molecule is CCNCc1cnc(-c2ccc(F)c(C)c2)nc1. The second-order valence-corrected chi connectivity index (χ2v) is 4.16. The zero-order valence-corrected chi connectivity index (χ0v) is 10.6. The Balaban J connectivity index is 2.20. The Labute approximate surface area is 106 Å². The lowest BCUT2D eigenvalue weighted by molar-refractivity contribution is 0.618. The third-order valence-corrected chi connectivity index (χ3v) is 2.70. The van der Waals surface area contributed by atoms with Crippen LogP contribution in [0.15, 0.2) is 30.6 Å². The molecule has 2 aromatic rings. The smallest absolute Gasteiger partial charge is 0.159 e. The summed E-state index contributed by atoms with van der Waals surface area (Å²) < 4.78 is 13.2. The zero-order valence-electron chi connectivity index (χ0n) is 10.6. The first kappa shape index (κ1) is 12.6. The molecule has 0 radical (unpaired) electrons. The molecule has 0 aliphatic carbocycles. The van der Waals surface area contributed by atoms with Gasteiger partial charge in [-0.15, -0.1) is 0 Å². The van der Waals surface area contributed by atoms with Crippen LogP contribution in [0.3, 0.4) is 0 Å². The van der Waals surface area contributed by atoms with Gasteiger partial charge in [-0.2, -0.15) is 0 Å². The molecule has 1 N–H and O–H groups in total. The molecule has 0 atom stereocenters. The number of aromatic nitrogens is 2. The highest BCUT2D eigenvalue weighted by Gasteiger charge is 2.04. The summed E-state index contributed by atoms with van der Waals surface area (Å²) in [5.41, 5.74) is 2.48. The predicted octanol–water partition coefficient (Wildman–Crippen LogP) is 2.70. The largest absolute Gasteiger partial charge is 0.313 e. The minimum absolute atomic E-state index is 0.206. The monoisotopic (exact) mass is 245 g/mol. The lowest BCUT2D eigenvalue weighted by atomic mass is 10.1. The van der Waals surface area contributed by atoms with Gasteiger partial charge in [-0.25, -0.2) is 14.4 Å². The second kappa shape index (κ2) is 5.69. The first-order valence-corrected chi connectivity index (χ1v) is 5.99. The molecule has 0 fully saturated rings. The van der Waals surface area contributed by atoms with Crippen molar-refractivity contribution >= 4 is 0 Å². The van der Waals surface area contributed by atoms with Gasteiger partial charge in [0.2, 0.25) is 0 Å². The zero-order chi connectivity index (χ0) is 13.0. The number of halogens is 1. The van der Waals surface area contributed by atoms with E-state index in [1.165, 1.54) is 6.07 Å². The number of aryl methyl sites for hydroxylation is 1. The summed E-state index contributed by atoms with van der Waals surface area (Å²) in [5, 5.41) is 3.21. The Bertz CT molecular complexity index is 523. The van der Waals surface area contributed by atoms with E-state index in [0.717, 1.165) is 24.2 Å². The molecule has 0 amide bonds. The summed E-state index contributed by atoms with van der Waals surface area (Å²) in [4.78, 5) is 8.60. The minimum Gasteiger partial charge on any atom is -0.313 e. The number of hydrogen-bond donors (Lipinski definition) is 1. The molecule has 2 rings (SSSR count). The minimum atomic E-state index is -0.206. The van der Waals surface area contributed by atoms with Crippen LogP contribution in [0.1, 0.15) is 18.1 Å². The van der Waals surface area contributed by atoms with Crippen LogP contribution in [0, 0.1) is 12.7 Å². The Morgan fingerprint density at radius 3 is 2.56 bits per heavy atom. The molecule has 0 aliphatic rings. The van der Waals surface area contributed by atoms with E-state index in [4.69, 9.17) is 0 Å². The van der Waals surface area contributed by atoms with Crippen LogP contribution in [0.25, 0.3) is 11.4 Å². The Morgan fingerprint density at radius 1 is 1.22 bits per heavy atom. The van der Waals surface area contributed by atoms with Gasteiger partial charge in [0.15, 0.2) is 5.82 Å². The average molecular weight is 245 g/mol. The van der Waals surface area contributed by atoms with Gasteiger partial charge in [0.25, 0.3) is 0 Å². The van der Waals surface area contributed by atoms with E-state index in [1.807, 2.05) is 0 Å². The standard InChI is InChI=1S/C14H16FN3/c1-3-16-7-11-8-17-14(18-9-11)12-4-5-13(15)10(2)6-12/h4-6,8-9,16H,3,7H2,1-2H3. The number of nitrogens with one attached hydrogen (secondary N) is 1. The van der Waals surface area contributed by atoms with Crippen molar-refractivity contribution in [3.05, 3.63) is 47.5 Å². The van der Waals surface area contributed by atoms with Gasteiger partial charge >= 0.3 is 0 Å². The van der Waals surface area contributed by atoms with Crippen molar-refractivity contribution in [1.82, 2.24) is 15.3 Å². The lowest BCUT2D eigenvalue weighted by Crippen LogP contribution is -2.12. The Morgan fingerprint density at radius 2 is 1.94 bits per heavy atom. The normalized spacial score (nSPS) is 10.6. The number of hydrogen-bond acceptors (Lipinski definition) is 3. The quantitative estimate of drug-likeness (QED) is 0.900. The second-order valence-electron chi connectivity index (χ2n) is 4.16. The lowest BCUT2D eigenvalue weighted by Gasteiger charge is -2.04. The molecular weight excluding hydrogens is 229 g/mol. The molecule has 4 heteroatoms. The first-order chi connectivity index (χ1) is 8.70. The van der Waals surface area contributed by atoms with Crippen molar-refractivity contribution < 1.29 is 4.39 Å². The first-order valence-electron chi connectivity index (χ1n) is 5.99. The summed E-state index contributed by atoms with van der Waals surface area (Å²) >= 11 is 0. The van der Waals surface area contributed by atoms with Gasteiger partial charge in [0.05, 0.1) is 0 Å². The van der Waals surface area contributed by atoms with Gasteiger partial charge in [-0.05, 0) is 37.2 Å². The molecule has 0 bridgehead atoms. The van der Waals surface area contributed by atoms with Crippen LogP contribution in [0.5, 0.6) is 0 Å². The van der Waals surface area contributed by atoms with Crippen LogP contribution >= 0.6 is 0 Å². The summed E-state index contributed by atoms with van der Waals surface area (Å²) in [7, 11) is 0. The Kier molecular flexibility index (Phi) is 3.99. The van der Waals surface area contributed by atoms with E-state index in [2.05, 4.69) is 22.2 Å². The third-order valence-electron chi connectivity index (χ3n) is 2.70. The van der Waals surface area contributed by atoms with Crippen LogP contribution < -0.4 is 5.32 Å². The summed E-state index contributed by atoms with van der Waals surface area (Å²) in [6.07, 6.45) is 3.59. The fourth-order valence-corrected chi connectivity index (χ4v) is 1.65. The molecule has 0 aliphatic heterocycles. The van der Waals surface area contributed by atoms with Crippen LogP contribution in [-0.4, -0.2) is 16.5 Å². The molecule has 0 spiro atoms. The van der Waals surface area contributed by atoms with Gasteiger partial charge in [-0.3, -0.25) is 0 Å². The van der Waals surface area contributed by atoms with Crippen LogP contribution in [0.4, 0.5) is 4.39 Å². The fraction of sp³-hybridized carbons (Fsp3) is 0.286. The number of benzene rings is 1. The molecule has 18 heavy (non-hydrogen) atoms. The van der Waals surface area contributed by atoms with Crippen LogP contribution in [-0.2, 0) is 6.54 Å². The summed E-state index contributed by atoms with van der Waals surface area (Å²) in [5.74, 6) is 0.417. The van der Waals surface area contributed by atoms with E-state index in [0.29, 0.717) is 11.4 Å². The van der Waals surface area contributed by atoms with Crippen molar-refractivity contribution in [1.29, 1.82) is 0 Å². The van der Waals surface area contributed by atoms with Crippen molar-refractivity contribution in [2.24, 2.45) is 0 Å². The van der Waals surface area contributed by atoms with Crippen molar-refractivity contribution in [3.63, 3.8) is 0 Å². The van der Waals surface area contributed by atoms with E-state index < -0.39 is 0 Å². The van der Waals surface area contributed by atoms with E-state index in [1.54, 1.807) is 31.5 Å². The molecule has 0 saturated carbocycles. The molecule has 1 heterocycles. The average Bonchev–Trinajstić information content (AvgIpc) is 2.40. The van der Waals surface area contributed by atoms with Crippen molar-refractivity contribution in [2.45, 2.75) is 20.4 Å². The van der Waals surface area contributed by atoms with E-state index >= 15 is 0 Å².